The van der Waals surface area contributed by atoms with Crippen molar-refractivity contribution in [3.05, 3.63) is 46.0 Å². The predicted molar refractivity (Wildman–Crippen MR) is 133 cm³/mol. The number of nitrogens with one attached hydrogen (secondary N) is 1. The second-order valence-electron chi connectivity index (χ2n) is 8.76. The zero-order valence-electron chi connectivity index (χ0n) is 19.7. The Morgan fingerprint density at radius 1 is 1.29 bits per heavy atom. The minimum Gasteiger partial charge on any atom is -0.493 e. The second kappa shape index (κ2) is 11.8. The number of amides is 1. The summed E-state index contributed by atoms with van der Waals surface area (Å²) in [4.78, 5) is 24.8. The van der Waals surface area contributed by atoms with Crippen molar-refractivity contribution in [3.8, 4) is 5.75 Å². The van der Waals surface area contributed by atoms with Crippen LogP contribution in [0.15, 0.2) is 35.5 Å². The number of ether oxygens (including phenoxy) is 3. The number of hydrogen-bond donors (Lipinski definition) is 1. The summed E-state index contributed by atoms with van der Waals surface area (Å²) in [7, 11) is 1.60. The summed E-state index contributed by atoms with van der Waals surface area (Å²) in [6, 6.07) is 3.43. The van der Waals surface area contributed by atoms with E-state index in [0.29, 0.717) is 43.4 Å². The molecule has 3 aromatic rings. The Morgan fingerprint density at radius 2 is 2.09 bits per heavy atom. The third-order valence-corrected chi connectivity index (χ3v) is 5.70. The van der Waals surface area contributed by atoms with Crippen molar-refractivity contribution in [2.75, 3.05) is 20.3 Å². The maximum atomic E-state index is 12.1. The molecule has 1 N–H and O–H groups in total. The number of carbonyl (C=O) groups is 1. The Morgan fingerprint density at radius 3 is 2.82 bits per heavy atom. The molecule has 0 radical (unpaired) electrons. The Balaban J connectivity index is 1.63. The van der Waals surface area contributed by atoms with Gasteiger partial charge in [-0.3, -0.25) is 0 Å². The monoisotopic (exact) mass is 553 g/mol. The first kappa shape index (κ1) is 26.2. The molecular formula is C23H29BrClN5O4. The van der Waals surface area contributed by atoms with E-state index in [4.69, 9.17) is 25.8 Å². The molecule has 2 heterocycles. The lowest BCUT2D eigenvalue weighted by atomic mass is 10.1. The number of imidazole rings is 1. The Hall–Kier alpha value is -2.43. The van der Waals surface area contributed by atoms with Crippen LogP contribution in [0.1, 0.15) is 39.2 Å². The van der Waals surface area contributed by atoms with Gasteiger partial charge < -0.3 is 24.1 Å². The zero-order chi connectivity index (χ0) is 24.7. The van der Waals surface area contributed by atoms with Crippen LogP contribution in [-0.2, 0) is 16.0 Å². The van der Waals surface area contributed by atoms with Crippen molar-refractivity contribution in [2.24, 2.45) is 0 Å². The summed E-state index contributed by atoms with van der Waals surface area (Å²) >= 11 is 9.89. The minimum atomic E-state index is -0.562. The van der Waals surface area contributed by atoms with Crippen LogP contribution in [0.2, 0.25) is 5.02 Å². The molecule has 3 rings (SSSR count). The van der Waals surface area contributed by atoms with Gasteiger partial charge in [-0.1, -0.05) is 27.5 Å². The largest absolute Gasteiger partial charge is 0.493 e. The van der Waals surface area contributed by atoms with E-state index in [0.717, 1.165) is 21.2 Å². The van der Waals surface area contributed by atoms with Gasteiger partial charge in [-0.2, -0.15) is 0 Å². The van der Waals surface area contributed by atoms with E-state index < -0.39 is 11.7 Å². The number of benzene rings is 1. The number of nitrogens with zero attached hydrogens (tertiary/aromatic N) is 4. The van der Waals surface area contributed by atoms with E-state index in [9.17, 15) is 4.79 Å². The van der Waals surface area contributed by atoms with Gasteiger partial charge >= 0.3 is 6.09 Å². The van der Waals surface area contributed by atoms with Gasteiger partial charge in [0.15, 0.2) is 5.65 Å². The molecule has 0 spiro atoms. The maximum absolute atomic E-state index is 12.1. The number of fused-ring (bicyclic) bond motifs is 1. The number of carbonyl (C=O) groups excluding carboxylic acids is 1. The first-order chi connectivity index (χ1) is 16.2. The van der Waals surface area contributed by atoms with Crippen LogP contribution in [0.3, 0.4) is 0 Å². The molecule has 0 aliphatic heterocycles. The van der Waals surface area contributed by atoms with Crippen LogP contribution in [0.25, 0.3) is 11.2 Å². The van der Waals surface area contributed by atoms with Crippen molar-refractivity contribution in [1.29, 1.82) is 0 Å². The smallest absolute Gasteiger partial charge is 0.407 e. The molecule has 9 nitrogen and oxygen atoms in total. The zero-order valence-corrected chi connectivity index (χ0v) is 22.0. The second-order valence-corrected chi connectivity index (χ2v) is 10.0. The third kappa shape index (κ3) is 7.54. The third-order valence-electron chi connectivity index (χ3n) is 4.77. The molecule has 11 heteroatoms. The topological polar surface area (TPSA) is 100 Å². The first-order valence-electron chi connectivity index (χ1n) is 10.9. The Kier molecular flexibility index (Phi) is 9.10. The summed E-state index contributed by atoms with van der Waals surface area (Å²) in [5.41, 5.74) is 1.81. The lowest BCUT2D eigenvalue weighted by Crippen LogP contribution is -2.41. The molecular weight excluding hydrogens is 526 g/mol. The van der Waals surface area contributed by atoms with Gasteiger partial charge in [0.05, 0.1) is 38.3 Å². The van der Waals surface area contributed by atoms with E-state index in [2.05, 4.69) is 36.2 Å². The van der Waals surface area contributed by atoms with Crippen LogP contribution in [0.5, 0.6) is 5.75 Å². The molecule has 184 valence electrons. The standard InChI is InChI=1S/C23H29BrClN5O4/c1-23(2,3)34-22(31)29-16(12-32-4)6-5-7-33-20-9-15(25)8-18(24)17(20)11-30-14-28-19-10-26-13-27-21(19)30/h8-10,13-14,16H,5-7,11-12H2,1-4H3,(H,29,31). The number of halogens is 2. The van der Waals surface area contributed by atoms with Gasteiger partial charge in [-0.05, 0) is 45.7 Å². The van der Waals surface area contributed by atoms with E-state index in [-0.39, 0.29) is 6.04 Å². The molecule has 0 aliphatic carbocycles. The molecule has 1 aromatic carbocycles. The Bertz CT molecular complexity index is 1120. The van der Waals surface area contributed by atoms with Crippen LogP contribution in [0, 0.1) is 0 Å². The fourth-order valence-electron chi connectivity index (χ4n) is 3.35. The minimum absolute atomic E-state index is 0.189. The fourth-order valence-corrected chi connectivity index (χ4v) is 4.25. The van der Waals surface area contributed by atoms with Crippen molar-refractivity contribution >= 4 is 44.8 Å². The molecule has 34 heavy (non-hydrogen) atoms. The highest BCUT2D eigenvalue weighted by Crippen LogP contribution is 2.32. The summed E-state index contributed by atoms with van der Waals surface area (Å²) < 4.78 is 19.4. The van der Waals surface area contributed by atoms with E-state index in [1.807, 2.05) is 31.4 Å². The molecule has 0 saturated heterocycles. The van der Waals surface area contributed by atoms with Gasteiger partial charge in [0.2, 0.25) is 0 Å². The van der Waals surface area contributed by atoms with Crippen molar-refractivity contribution < 1.29 is 19.0 Å². The van der Waals surface area contributed by atoms with Crippen molar-refractivity contribution in [3.63, 3.8) is 0 Å². The highest BCUT2D eigenvalue weighted by Gasteiger charge is 2.20. The fraction of sp³-hybridized carbons (Fsp3) is 0.478. The van der Waals surface area contributed by atoms with E-state index in [1.165, 1.54) is 6.33 Å². The molecule has 0 fully saturated rings. The maximum Gasteiger partial charge on any atom is 0.407 e. The number of alkyl carbamates (subject to hydrolysis) is 1. The molecule has 0 aliphatic rings. The molecule has 1 atom stereocenters. The van der Waals surface area contributed by atoms with Crippen LogP contribution in [0.4, 0.5) is 4.79 Å². The van der Waals surface area contributed by atoms with Crippen molar-refractivity contribution in [1.82, 2.24) is 24.8 Å². The quantitative estimate of drug-likeness (QED) is 0.352. The Labute approximate surface area is 212 Å². The van der Waals surface area contributed by atoms with Crippen LogP contribution in [-0.4, -0.2) is 57.6 Å². The number of hydrogen-bond acceptors (Lipinski definition) is 7. The van der Waals surface area contributed by atoms with Gasteiger partial charge in [0.25, 0.3) is 0 Å². The van der Waals surface area contributed by atoms with Gasteiger partial charge in [0.1, 0.15) is 23.2 Å². The lowest BCUT2D eigenvalue weighted by molar-refractivity contribution is 0.0461. The van der Waals surface area contributed by atoms with E-state index in [1.54, 1.807) is 25.7 Å². The van der Waals surface area contributed by atoms with Gasteiger partial charge in [-0.15, -0.1) is 0 Å². The normalized spacial score (nSPS) is 12.5. The first-order valence-corrected chi connectivity index (χ1v) is 12.0. The number of methoxy groups -OCH3 is 1. The molecule has 0 saturated carbocycles. The summed E-state index contributed by atoms with van der Waals surface area (Å²) in [5.74, 6) is 0.665. The summed E-state index contributed by atoms with van der Waals surface area (Å²) in [5, 5.41) is 3.42. The molecule has 0 bridgehead atoms. The molecule has 1 unspecified atom stereocenters. The highest BCUT2D eigenvalue weighted by atomic mass is 79.9. The number of rotatable bonds is 10. The molecule has 2 aromatic heterocycles. The van der Waals surface area contributed by atoms with Gasteiger partial charge in [-0.25, -0.2) is 19.7 Å². The van der Waals surface area contributed by atoms with Gasteiger partial charge in [0, 0.05) is 22.2 Å². The summed E-state index contributed by atoms with van der Waals surface area (Å²) in [6.07, 6.45) is 5.78. The van der Waals surface area contributed by atoms with E-state index >= 15 is 0 Å². The van der Waals surface area contributed by atoms with Crippen LogP contribution >= 0.6 is 27.5 Å². The summed E-state index contributed by atoms with van der Waals surface area (Å²) in [6.45, 7) is 6.78. The lowest BCUT2D eigenvalue weighted by Gasteiger charge is -2.23. The molecule has 1 amide bonds. The predicted octanol–water partition coefficient (Wildman–Crippen LogP) is 4.99. The van der Waals surface area contributed by atoms with Crippen LogP contribution < -0.4 is 10.1 Å². The SMILES string of the molecule is COCC(CCCOc1cc(Cl)cc(Br)c1Cn1cnc2cncnc21)NC(=O)OC(C)(C)C. The van der Waals surface area contributed by atoms with Crippen molar-refractivity contribution in [2.45, 2.75) is 51.8 Å². The average Bonchev–Trinajstić information content (AvgIpc) is 3.15. The number of aromatic nitrogens is 4. The highest BCUT2D eigenvalue weighted by molar-refractivity contribution is 9.10. The average molecular weight is 555 g/mol.